The predicted molar refractivity (Wildman–Crippen MR) is 72.3 cm³/mol. The minimum absolute atomic E-state index is 0.108. The first kappa shape index (κ1) is 14.2. The van der Waals surface area contributed by atoms with Crippen LogP contribution in [0.2, 0.25) is 5.28 Å². The van der Waals surface area contributed by atoms with Crippen LogP contribution < -0.4 is 0 Å². The Labute approximate surface area is 117 Å². The maximum Gasteiger partial charge on any atom is 0.272 e. The van der Waals surface area contributed by atoms with Crippen molar-refractivity contribution in [2.45, 2.75) is 32.8 Å². The quantitative estimate of drug-likeness (QED) is 0.794. The highest BCUT2D eigenvalue weighted by molar-refractivity contribution is 6.28. The van der Waals surface area contributed by atoms with Crippen LogP contribution in [0.15, 0.2) is 6.07 Å². The SMILES string of the molecule is CCN(CC1CCCO1)C(=O)c1cc(C)nc(Cl)n1. The van der Waals surface area contributed by atoms with E-state index < -0.39 is 0 Å². The molecule has 2 heterocycles. The summed E-state index contributed by atoms with van der Waals surface area (Å²) >= 11 is 5.79. The molecule has 1 aliphatic rings. The molecule has 5 nitrogen and oxygen atoms in total. The van der Waals surface area contributed by atoms with Gasteiger partial charge in [0.15, 0.2) is 0 Å². The molecule has 1 aliphatic heterocycles. The summed E-state index contributed by atoms with van der Waals surface area (Å²) in [6.45, 7) is 5.76. The minimum atomic E-state index is -0.120. The van der Waals surface area contributed by atoms with Crippen LogP contribution in [-0.2, 0) is 4.74 Å². The maximum absolute atomic E-state index is 12.4. The molecule has 1 saturated heterocycles. The summed E-state index contributed by atoms with van der Waals surface area (Å²) in [5.74, 6) is -0.120. The van der Waals surface area contributed by atoms with Gasteiger partial charge in [0.25, 0.3) is 5.91 Å². The lowest BCUT2D eigenvalue weighted by Crippen LogP contribution is -2.37. The van der Waals surface area contributed by atoms with Gasteiger partial charge >= 0.3 is 0 Å². The van der Waals surface area contributed by atoms with Gasteiger partial charge in [0.2, 0.25) is 5.28 Å². The normalized spacial score (nSPS) is 18.6. The lowest BCUT2D eigenvalue weighted by molar-refractivity contribution is 0.0534. The van der Waals surface area contributed by atoms with Crippen LogP contribution in [-0.4, -0.2) is 46.6 Å². The second-order valence-corrected chi connectivity index (χ2v) is 4.98. The third-order valence-corrected chi connectivity index (χ3v) is 3.33. The molecular weight excluding hydrogens is 266 g/mol. The van der Waals surface area contributed by atoms with Crippen LogP contribution in [0.25, 0.3) is 0 Å². The second kappa shape index (κ2) is 6.30. The molecule has 0 aromatic carbocycles. The highest BCUT2D eigenvalue weighted by atomic mass is 35.5. The van der Waals surface area contributed by atoms with Crippen molar-refractivity contribution in [2.24, 2.45) is 0 Å². The summed E-state index contributed by atoms with van der Waals surface area (Å²) in [5, 5.41) is 0.108. The van der Waals surface area contributed by atoms with Crippen LogP contribution in [0.5, 0.6) is 0 Å². The molecule has 1 aromatic rings. The van der Waals surface area contributed by atoms with E-state index in [-0.39, 0.29) is 17.3 Å². The summed E-state index contributed by atoms with van der Waals surface area (Å²) in [6.07, 6.45) is 2.21. The van der Waals surface area contributed by atoms with Gasteiger partial charge in [-0.05, 0) is 44.4 Å². The molecule has 0 N–H and O–H groups in total. The Balaban J connectivity index is 2.10. The number of likely N-dealkylation sites (N-methyl/N-ethyl adjacent to an activating group) is 1. The first-order valence-electron chi connectivity index (χ1n) is 6.52. The molecule has 0 saturated carbocycles. The maximum atomic E-state index is 12.4. The minimum Gasteiger partial charge on any atom is -0.376 e. The van der Waals surface area contributed by atoms with E-state index in [1.54, 1.807) is 17.9 Å². The van der Waals surface area contributed by atoms with Gasteiger partial charge in [-0.15, -0.1) is 0 Å². The third kappa shape index (κ3) is 3.64. The van der Waals surface area contributed by atoms with Gasteiger partial charge in [0, 0.05) is 25.4 Å². The largest absolute Gasteiger partial charge is 0.376 e. The number of halogens is 1. The fraction of sp³-hybridized carbons (Fsp3) is 0.615. The van der Waals surface area contributed by atoms with Crippen molar-refractivity contribution in [3.8, 4) is 0 Å². The van der Waals surface area contributed by atoms with Crippen molar-refractivity contribution in [3.05, 3.63) is 22.7 Å². The van der Waals surface area contributed by atoms with E-state index in [0.717, 1.165) is 19.4 Å². The van der Waals surface area contributed by atoms with E-state index in [1.165, 1.54) is 0 Å². The van der Waals surface area contributed by atoms with Crippen molar-refractivity contribution < 1.29 is 9.53 Å². The Morgan fingerprint density at radius 1 is 1.58 bits per heavy atom. The Kier molecular flexibility index (Phi) is 4.71. The van der Waals surface area contributed by atoms with Gasteiger partial charge in [0.05, 0.1) is 6.10 Å². The average molecular weight is 284 g/mol. The number of nitrogens with zero attached hydrogens (tertiary/aromatic N) is 3. The average Bonchev–Trinajstić information content (AvgIpc) is 2.86. The zero-order valence-corrected chi connectivity index (χ0v) is 12.0. The van der Waals surface area contributed by atoms with Gasteiger partial charge in [-0.25, -0.2) is 9.97 Å². The van der Waals surface area contributed by atoms with Crippen LogP contribution in [0.1, 0.15) is 35.9 Å². The lowest BCUT2D eigenvalue weighted by Gasteiger charge is -2.23. The number of rotatable bonds is 4. The molecular formula is C13H18ClN3O2. The van der Waals surface area contributed by atoms with Crippen molar-refractivity contribution in [1.82, 2.24) is 14.9 Å². The Hall–Kier alpha value is -1.20. The van der Waals surface area contributed by atoms with Gasteiger partial charge in [0.1, 0.15) is 5.69 Å². The molecule has 0 radical (unpaired) electrons. The van der Waals surface area contributed by atoms with E-state index in [4.69, 9.17) is 16.3 Å². The number of amides is 1. The second-order valence-electron chi connectivity index (χ2n) is 4.64. The van der Waals surface area contributed by atoms with Crippen LogP contribution in [0.4, 0.5) is 0 Å². The number of ether oxygens (including phenoxy) is 1. The third-order valence-electron chi connectivity index (χ3n) is 3.16. The van der Waals surface area contributed by atoms with E-state index in [0.29, 0.717) is 24.5 Å². The smallest absolute Gasteiger partial charge is 0.272 e. The van der Waals surface area contributed by atoms with Crippen LogP contribution in [0.3, 0.4) is 0 Å². The molecule has 6 heteroatoms. The number of hydrogen-bond donors (Lipinski definition) is 0. The zero-order valence-electron chi connectivity index (χ0n) is 11.2. The Bertz CT molecular complexity index is 441. The molecule has 1 unspecified atom stereocenters. The number of carbonyl (C=O) groups excluding carboxylic acids is 1. The lowest BCUT2D eigenvalue weighted by atomic mass is 10.2. The van der Waals surface area contributed by atoms with Gasteiger partial charge in [-0.1, -0.05) is 0 Å². The molecule has 1 fully saturated rings. The monoisotopic (exact) mass is 283 g/mol. The molecule has 19 heavy (non-hydrogen) atoms. The fourth-order valence-electron chi connectivity index (χ4n) is 2.19. The topological polar surface area (TPSA) is 55.3 Å². The van der Waals surface area contributed by atoms with Crippen molar-refractivity contribution in [1.29, 1.82) is 0 Å². The van der Waals surface area contributed by atoms with Crippen molar-refractivity contribution >= 4 is 17.5 Å². The van der Waals surface area contributed by atoms with E-state index >= 15 is 0 Å². The number of carbonyl (C=O) groups is 1. The molecule has 1 atom stereocenters. The summed E-state index contributed by atoms with van der Waals surface area (Å²) in [7, 11) is 0. The van der Waals surface area contributed by atoms with E-state index in [1.807, 2.05) is 6.92 Å². The standard InChI is InChI=1S/C13H18ClN3O2/c1-3-17(8-10-5-4-6-19-10)12(18)11-7-9(2)15-13(14)16-11/h7,10H,3-6,8H2,1-2H3. The molecule has 2 rings (SSSR count). The highest BCUT2D eigenvalue weighted by Gasteiger charge is 2.23. The molecule has 104 valence electrons. The van der Waals surface area contributed by atoms with Crippen molar-refractivity contribution in [3.63, 3.8) is 0 Å². The Morgan fingerprint density at radius 2 is 2.37 bits per heavy atom. The first-order valence-corrected chi connectivity index (χ1v) is 6.90. The number of aromatic nitrogens is 2. The summed E-state index contributed by atoms with van der Waals surface area (Å²) in [6, 6.07) is 1.66. The van der Waals surface area contributed by atoms with E-state index in [2.05, 4.69) is 9.97 Å². The van der Waals surface area contributed by atoms with Gasteiger partial charge in [-0.3, -0.25) is 4.79 Å². The summed E-state index contributed by atoms with van der Waals surface area (Å²) < 4.78 is 5.57. The molecule has 0 aliphatic carbocycles. The molecule has 0 spiro atoms. The molecule has 1 amide bonds. The fourth-order valence-corrected chi connectivity index (χ4v) is 2.42. The van der Waals surface area contributed by atoms with Crippen molar-refractivity contribution in [2.75, 3.05) is 19.7 Å². The zero-order chi connectivity index (χ0) is 13.8. The number of hydrogen-bond acceptors (Lipinski definition) is 4. The van der Waals surface area contributed by atoms with Crippen LogP contribution in [0, 0.1) is 6.92 Å². The highest BCUT2D eigenvalue weighted by Crippen LogP contribution is 2.15. The Morgan fingerprint density at radius 3 is 2.95 bits per heavy atom. The van der Waals surface area contributed by atoms with Crippen LogP contribution >= 0.6 is 11.6 Å². The number of aryl methyl sites for hydroxylation is 1. The summed E-state index contributed by atoms with van der Waals surface area (Å²) in [5.41, 5.74) is 1.04. The van der Waals surface area contributed by atoms with Gasteiger partial charge < -0.3 is 9.64 Å². The molecule has 1 aromatic heterocycles. The summed E-state index contributed by atoms with van der Waals surface area (Å²) in [4.78, 5) is 22.1. The molecule has 0 bridgehead atoms. The van der Waals surface area contributed by atoms with Gasteiger partial charge in [-0.2, -0.15) is 0 Å². The van der Waals surface area contributed by atoms with E-state index in [9.17, 15) is 4.79 Å². The first-order chi connectivity index (χ1) is 9.10. The predicted octanol–water partition coefficient (Wildman–Crippen LogP) is 2.08.